The number of hydrogen-bond acceptors (Lipinski definition) is 0. The zero-order valence-corrected chi connectivity index (χ0v) is 68.1. The number of hydrogen-bond donors (Lipinski definition) is 0. The summed E-state index contributed by atoms with van der Waals surface area (Å²) in [5.41, 5.74) is 33.5. The second kappa shape index (κ2) is 38.1. The van der Waals surface area contributed by atoms with Gasteiger partial charge in [-0.25, -0.2) is 27.4 Å². The molecule has 0 unspecified atom stereocenters. The highest BCUT2D eigenvalue weighted by Gasteiger charge is 2.21. The first kappa shape index (κ1) is 78.4. The third-order valence-electron chi connectivity index (χ3n) is 19.9. The molecule has 12 rings (SSSR count). The zero-order chi connectivity index (χ0) is 78.1. The summed E-state index contributed by atoms with van der Waals surface area (Å²) in [4.78, 5) is 0. The van der Waals surface area contributed by atoms with E-state index in [-0.39, 0.29) is 0 Å². The maximum atomic E-state index is 8.15. The number of rotatable bonds is 12. The molecule has 0 saturated carbocycles. The van der Waals surface area contributed by atoms with E-state index in [9.17, 15) is 0 Å². The Bertz CT molecular complexity index is 4920. The Balaban J connectivity index is 0.000000178. The van der Waals surface area contributed by atoms with Crippen LogP contribution >= 0.6 is 0 Å². The minimum Gasteiger partial charge on any atom is -0.201 e. The van der Waals surface area contributed by atoms with Gasteiger partial charge in [-0.05, 0) is 195 Å². The smallest absolute Gasteiger partial charge is 0.201 e. The lowest BCUT2D eigenvalue weighted by Crippen LogP contribution is -2.32. The summed E-state index contributed by atoms with van der Waals surface area (Å²) in [7, 11) is 12.6. The molecule has 0 radical (unpaired) electrons. The van der Waals surface area contributed by atoms with E-state index in [4.69, 9.17) is 2.74 Å². The van der Waals surface area contributed by atoms with Crippen molar-refractivity contribution in [2.24, 2.45) is 42.3 Å². The van der Waals surface area contributed by atoms with Crippen LogP contribution in [-0.2, 0) is 42.3 Å². The second-order valence-electron chi connectivity index (χ2n) is 30.1. The second-order valence-corrected chi connectivity index (χ2v) is 30.1. The first-order valence-electron chi connectivity index (χ1n) is 38.3. The topological polar surface area (TPSA) is 23.3 Å². The van der Waals surface area contributed by atoms with Gasteiger partial charge in [-0.2, -0.15) is 0 Å². The molecule has 6 heteroatoms. The number of benzene rings is 6. The Morgan fingerprint density at radius 2 is 0.510 bits per heavy atom. The maximum Gasteiger partial charge on any atom is 0.212 e. The largest absolute Gasteiger partial charge is 0.212 e. The molecule has 0 aliphatic carbocycles. The van der Waals surface area contributed by atoms with Crippen LogP contribution in [0.1, 0.15) is 199 Å². The highest BCUT2D eigenvalue weighted by Crippen LogP contribution is 2.30. The third kappa shape index (κ3) is 21.7. The fraction of sp³-hybridized carbons (Fsp3) is 0.327. The van der Waals surface area contributed by atoms with Gasteiger partial charge in [0.05, 0.1) is 0 Å². The Morgan fingerprint density at radius 3 is 0.846 bits per heavy atom. The van der Waals surface area contributed by atoms with Crippen molar-refractivity contribution < 1.29 is 30.1 Å². The number of pyridine rings is 6. The first-order valence-corrected chi connectivity index (χ1v) is 37.3. The molecular formula is C98H124N6+6. The molecule has 0 saturated heterocycles. The lowest BCUT2D eigenvalue weighted by molar-refractivity contribution is -0.661. The molecule has 6 aromatic carbocycles. The van der Waals surface area contributed by atoms with E-state index in [1.165, 1.54) is 129 Å². The Morgan fingerprint density at radius 1 is 0.221 bits per heavy atom. The summed E-state index contributed by atoms with van der Waals surface area (Å²) in [6.45, 7) is 42.9. The predicted molar refractivity (Wildman–Crippen MR) is 441 cm³/mol. The van der Waals surface area contributed by atoms with Crippen molar-refractivity contribution in [2.75, 3.05) is 0 Å². The van der Waals surface area contributed by atoms with Gasteiger partial charge in [-0.15, -0.1) is 0 Å². The van der Waals surface area contributed by atoms with E-state index in [0.717, 1.165) is 16.8 Å². The first-order chi connectivity index (χ1) is 50.0. The summed E-state index contributed by atoms with van der Waals surface area (Å²) in [6.07, 6.45) is 13.0. The standard InChI is InChI=1S/2C17H22N.4C16H20N/c1-12(2)16-10-17(18(5)11-14(16)4)15-9-7-6-8-13(15)3;1-12(2)16-11-18(5)17(10-14(16)4)15-9-7-6-8-13(15)3;2*1-12(2)14-9-10-17(4)16(11-14)15-8-6-5-7-13(15)3;2*1-12(2)14-9-10-16(17(4)11-14)15-8-6-5-7-13(15)3/h2*6-12H,1-5H3;4*5-12H,1-4H3/q6*+1/i;;12D;;12D;. The van der Waals surface area contributed by atoms with E-state index in [1.54, 1.807) is 0 Å². The SMILES string of the molecule is Cc1ccccc1-c1cc(C(C)C)c(C)c[n+]1C.Cc1ccccc1-c1cc(C(C)C)cc[n+]1C.Cc1ccccc1-c1cc(C)c(C(C)C)c[n+]1C.Cc1ccccc1-c1ccc(C(C)C)c[n+]1C.[2H]C(C)(C)c1cc[n+](C)c(-c2ccccc2C)c1.[2H]C(C)(C)c1ccc(-c2ccccc2C)[n+](C)c1. The fourth-order valence-corrected chi connectivity index (χ4v) is 13.3. The molecule has 0 N–H and O–H groups in total. The molecule has 0 bridgehead atoms. The lowest BCUT2D eigenvalue weighted by atomic mass is 9.96. The fourth-order valence-electron chi connectivity index (χ4n) is 13.3. The van der Waals surface area contributed by atoms with Crippen LogP contribution in [0.15, 0.2) is 243 Å². The monoisotopic (exact) mass is 1390 g/mol. The van der Waals surface area contributed by atoms with Crippen molar-refractivity contribution in [3.8, 4) is 67.5 Å². The van der Waals surface area contributed by atoms with Gasteiger partial charge in [-0.1, -0.05) is 192 Å². The molecule has 540 valence electrons. The molecular weight excluding hydrogens is 1260 g/mol. The van der Waals surface area contributed by atoms with Crippen LogP contribution in [0.2, 0.25) is 0 Å². The normalized spacial score (nSPS) is 11.4. The molecule has 0 amide bonds. The summed E-state index contributed by atoms with van der Waals surface area (Å²) < 4.78 is 29.3. The number of nitrogens with zero attached hydrogens (tertiary/aromatic N) is 6. The van der Waals surface area contributed by atoms with Crippen molar-refractivity contribution in [1.29, 1.82) is 0 Å². The maximum absolute atomic E-state index is 8.15. The predicted octanol–water partition coefficient (Wildman–Crippen LogP) is 22.3. The number of aromatic nitrogens is 6. The van der Waals surface area contributed by atoms with E-state index < -0.39 is 11.8 Å². The van der Waals surface area contributed by atoms with Crippen molar-refractivity contribution in [2.45, 2.75) is 174 Å². The van der Waals surface area contributed by atoms with E-state index >= 15 is 0 Å². The van der Waals surface area contributed by atoms with Gasteiger partial charge in [0.2, 0.25) is 34.2 Å². The van der Waals surface area contributed by atoms with Crippen molar-refractivity contribution in [3.63, 3.8) is 0 Å². The van der Waals surface area contributed by atoms with Gasteiger partial charge >= 0.3 is 0 Å². The Kier molecular flexibility index (Phi) is 28.7. The molecule has 6 nitrogen and oxygen atoms in total. The van der Waals surface area contributed by atoms with Gasteiger partial charge in [0.25, 0.3) is 0 Å². The van der Waals surface area contributed by atoms with Crippen LogP contribution in [0.25, 0.3) is 67.5 Å². The van der Waals surface area contributed by atoms with Gasteiger partial charge in [0.15, 0.2) is 37.2 Å². The Labute approximate surface area is 631 Å². The molecule has 0 aliphatic rings. The van der Waals surface area contributed by atoms with Crippen molar-refractivity contribution in [3.05, 3.63) is 321 Å². The summed E-state index contributed by atoms with van der Waals surface area (Å²) in [5, 5.41) is 0. The van der Waals surface area contributed by atoms with E-state index in [1.807, 2.05) is 54.1 Å². The van der Waals surface area contributed by atoms with Gasteiger partial charge < -0.3 is 0 Å². The van der Waals surface area contributed by atoms with Crippen LogP contribution in [0.5, 0.6) is 0 Å². The molecule has 104 heavy (non-hydrogen) atoms. The Hall–Kier alpha value is -9.78. The van der Waals surface area contributed by atoms with Crippen LogP contribution in [0, 0.1) is 55.4 Å². The van der Waals surface area contributed by atoms with E-state index in [2.05, 4.69) is 398 Å². The quantitative estimate of drug-likeness (QED) is 0.109. The molecule has 0 aliphatic heterocycles. The number of aryl methyl sites for hydroxylation is 14. The van der Waals surface area contributed by atoms with Gasteiger partial charge in [0, 0.05) is 107 Å². The van der Waals surface area contributed by atoms with E-state index in [0.29, 0.717) is 23.7 Å². The molecule has 6 aromatic heterocycles. The molecule has 0 spiro atoms. The average Bonchev–Trinajstić information content (AvgIpc) is 0.837. The lowest BCUT2D eigenvalue weighted by Gasteiger charge is -2.11. The summed E-state index contributed by atoms with van der Waals surface area (Å²) in [6, 6.07) is 72.8. The van der Waals surface area contributed by atoms with Crippen LogP contribution < -0.4 is 27.4 Å². The van der Waals surface area contributed by atoms with Crippen molar-refractivity contribution in [1.82, 2.24) is 0 Å². The minimum absolute atomic E-state index is 0.554. The molecule has 12 aromatic rings. The summed E-state index contributed by atoms with van der Waals surface area (Å²) in [5.74, 6) is 1.16. The van der Waals surface area contributed by atoms with Crippen molar-refractivity contribution >= 4 is 0 Å². The van der Waals surface area contributed by atoms with Crippen LogP contribution in [-0.4, -0.2) is 0 Å². The summed E-state index contributed by atoms with van der Waals surface area (Å²) >= 11 is 0. The minimum atomic E-state index is -0.564. The van der Waals surface area contributed by atoms with Gasteiger partial charge in [0.1, 0.15) is 42.3 Å². The molecule has 6 heterocycles. The van der Waals surface area contributed by atoms with Crippen LogP contribution in [0.4, 0.5) is 0 Å². The third-order valence-corrected chi connectivity index (χ3v) is 19.9. The zero-order valence-electron chi connectivity index (χ0n) is 70.1. The van der Waals surface area contributed by atoms with Crippen LogP contribution in [0.3, 0.4) is 0 Å². The highest BCUT2D eigenvalue weighted by atomic mass is 14.9. The molecule has 0 fully saturated rings. The highest BCUT2D eigenvalue weighted by molar-refractivity contribution is 5.66. The average molecular weight is 1390 g/mol. The van der Waals surface area contributed by atoms with Gasteiger partial charge in [-0.3, -0.25) is 0 Å². The molecule has 0 atom stereocenters.